The van der Waals surface area contributed by atoms with Crippen molar-refractivity contribution in [2.75, 3.05) is 42.6 Å². The van der Waals surface area contributed by atoms with Crippen LogP contribution in [-0.4, -0.2) is 67.4 Å². The van der Waals surface area contributed by atoms with Gasteiger partial charge in [-0.2, -0.15) is 4.99 Å². The van der Waals surface area contributed by atoms with Crippen molar-refractivity contribution in [3.63, 3.8) is 0 Å². The molecule has 1 fully saturated rings. The van der Waals surface area contributed by atoms with Crippen LogP contribution < -0.4 is 9.70 Å². The standard InChI is InChI=1S/C24H25ClN4O4S2/c1-2-10-29-20-9-8-18(25)15-21(20)34-24(29)26-22(30)16-35(32,33)17-23(31)28-13-11-27(12-14-28)19-6-4-3-5-7-19/h2-9,15H,1,10-14,16-17H2. The molecule has 0 bridgehead atoms. The average Bonchev–Trinajstić information content (AvgIpc) is 3.14. The van der Waals surface area contributed by atoms with E-state index in [1.54, 1.807) is 22.8 Å². The molecule has 2 amide bonds. The highest BCUT2D eigenvalue weighted by atomic mass is 35.5. The number of sulfone groups is 1. The van der Waals surface area contributed by atoms with Gasteiger partial charge in [-0.15, -0.1) is 6.58 Å². The molecule has 3 aromatic rings. The van der Waals surface area contributed by atoms with Crippen LogP contribution >= 0.6 is 22.9 Å². The molecule has 0 radical (unpaired) electrons. The third-order valence-electron chi connectivity index (χ3n) is 5.62. The molecule has 0 atom stereocenters. The second kappa shape index (κ2) is 10.8. The molecule has 0 saturated carbocycles. The third-order valence-corrected chi connectivity index (χ3v) is 8.27. The lowest BCUT2D eigenvalue weighted by molar-refractivity contribution is -0.128. The molecule has 1 aromatic heterocycles. The zero-order valence-corrected chi connectivity index (χ0v) is 21.4. The van der Waals surface area contributed by atoms with Gasteiger partial charge in [0.05, 0.1) is 10.2 Å². The van der Waals surface area contributed by atoms with Crippen molar-refractivity contribution in [1.29, 1.82) is 0 Å². The molecule has 11 heteroatoms. The lowest BCUT2D eigenvalue weighted by Gasteiger charge is -2.36. The van der Waals surface area contributed by atoms with E-state index in [0.29, 0.717) is 42.5 Å². The van der Waals surface area contributed by atoms with Gasteiger partial charge < -0.3 is 14.4 Å². The van der Waals surface area contributed by atoms with Gasteiger partial charge in [-0.1, -0.05) is 47.2 Å². The van der Waals surface area contributed by atoms with Crippen LogP contribution in [-0.2, 0) is 26.0 Å². The Hall–Kier alpha value is -2.95. The number of anilines is 1. The molecule has 0 aliphatic carbocycles. The first kappa shape index (κ1) is 25.2. The number of amides is 2. The van der Waals surface area contributed by atoms with E-state index < -0.39 is 33.2 Å². The van der Waals surface area contributed by atoms with E-state index in [-0.39, 0.29) is 0 Å². The summed E-state index contributed by atoms with van der Waals surface area (Å²) in [6.45, 7) is 6.20. The zero-order chi connectivity index (χ0) is 25.0. The summed E-state index contributed by atoms with van der Waals surface area (Å²) in [7, 11) is -3.97. The second-order valence-electron chi connectivity index (χ2n) is 8.14. The highest BCUT2D eigenvalue weighted by Crippen LogP contribution is 2.22. The number of hydrogen-bond donors (Lipinski definition) is 0. The van der Waals surface area contributed by atoms with Gasteiger partial charge in [0.2, 0.25) is 5.91 Å². The molecule has 0 spiro atoms. The molecule has 0 unspecified atom stereocenters. The quantitative estimate of drug-likeness (QED) is 0.436. The summed E-state index contributed by atoms with van der Waals surface area (Å²) < 4.78 is 27.8. The Morgan fingerprint density at radius 3 is 2.46 bits per heavy atom. The van der Waals surface area contributed by atoms with E-state index in [2.05, 4.69) is 16.5 Å². The Kier molecular flexibility index (Phi) is 7.73. The number of halogens is 1. The van der Waals surface area contributed by atoms with Crippen LogP contribution in [0.5, 0.6) is 0 Å². The number of aromatic nitrogens is 1. The smallest absolute Gasteiger partial charge is 0.263 e. The van der Waals surface area contributed by atoms with Crippen molar-refractivity contribution in [3.05, 3.63) is 71.0 Å². The van der Waals surface area contributed by atoms with Crippen LogP contribution in [0.25, 0.3) is 10.2 Å². The number of thiazole rings is 1. The van der Waals surface area contributed by atoms with Gasteiger partial charge in [0.15, 0.2) is 14.6 Å². The molecule has 0 N–H and O–H groups in total. The van der Waals surface area contributed by atoms with Crippen LogP contribution in [0, 0.1) is 0 Å². The van der Waals surface area contributed by atoms with Crippen LogP contribution in [0.2, 0.25) is 5.02 Å². The largest absolute Gasteiger partial charge is 0.368 e. The van der Waals surface area contributed by atoms with Crippen LogP contribution in [0.1, 0.15) is 0 Å². The summed E-state index contributed by atoms with van der Waals surface area (Å²) in [5.41, 5.74) is 1.88. The molecule has 8 nitrogen and oxygen atoms in total. The van der Waals surface area contributed by atoms with Gasteiger partial charge in [0.1, 0.15) is 11.5 Å². The number of allylic oxidation sites excluding steroid dienone is 1. The lowest BCUT2D eigenvalue weighted by Crippen LogP contribution is -2.50. The number of benzene rings is 2. The Morgan fingerprint density at radius 1 is 1.06 bits per heavy atom. The first-order valence-corrected chi connectivity index (χ1v) is 14.0. The second-order valence-corrected chi connectivity index (χ2v) is 11.6. The van der Waals surface area contributed by atoms with Gasteiger partial charge in [0, 0.05) is 43.4 Å². The Labute approximate surface area is 212 Å². The highest BCUT2D eigenvalue weighted by Gasteiger charge is 2.27. The fourth-order valence-electron chi connectivity index (χ4n) is 3.95. The molecule has 1 aliphatic heterocycles. The van der Waals surface area contributed by atoms with Crippen molar-refractivity contribution in [1.82, 2.24) is 9.47 Å². The average molecular weight is 533 g/mol. The summed E-state index contributed by atoms with van der Waals surface area (Å²) in [6.07, 6.45) is 1.66. The van der Waals surface area contributed by atoms with E-state index in [1.165, 1.54) is 16.2 Å². The predicted octanol–water partition coefficient (Wildman–Crippen LogP) is 2.73. The number of carbonyl (C=O) groups excluding carboxylic acids is 2. The van der Waals surface area contributed by atoms with Crippen molar-refractivity contribution < 1.29 is 18.0 Å². The number of carbonyl (C=O) groups is 2. The number of fused-ring (bicyclic) bond motifs is 1. The van der Waals surface area contributed by atoms with Gasteiger partial charge in [-0.3, -0.25) is 9.59 Å². The first-order valence-electron chi connectivity index (χ1n) is 11.0. The summed E-state index contributed by atoms with van der Waals surface area (Å²) in [6, 6.07) is 15.2. The Balaban J connectivity index is 1.41. The molecule has 1 saturated heterocycles. The first-order chi connectivity index (χ1) is 16.8. The minimum atomic E-state index is -3.97. The molecular formula is C24H25ClN4O4S2. The monoisotopic (exact) mass is 532 g/mol. The highest BCUT2D eigenvalue weighted by molar-refractivity contribution is 7.92. The van der Waals surface area contributed by atoms with Crippen molar-refractivity contribution in [2.45, 2.75) is 6.54 Å². The SMILES string of the molecule is C=CCn1c(=NC(=O)CS(=O)(=O)CC(=O)N2CCN(c3ccccc3)CC2)sc2cc(Cl)ccc21. The number of nitrogens with zero attached hydrogens (tertiary/aromatic N) is 4. The number of piperazine rings is 1. The lowest BCUT2D eigenvalue weighted by atomic mass is 10.2. The van der Waals surface area contributed by atoms with Crippen molar-refractivity contribution in [3.8, 4) is 0 Å². The Morgan fingerprint density at radius 2 is 1.77 bits per heavy atom. The fraction of sp³-hybridized carbons (Fsp3) is 0.292. The van der Waals surface area contributed by atoms with E-state index in [1.807, 2.05) is 36.4 Å². The van der Waals surface area contributed by atoms with Gasteiger partial charge >= 0.3 is 0 Å². The van der Waals surface area contributed by atoms with Gasteiger partial charge in [-0.25, -0.2) is 8.42 Å². The summed E-state index contributed by atoms with van der Waals surface area (Å²) >= 11 is 7.30. The van der Waals surface area contributed by atoms with Crippen LogP contribution in [0.15, 0.2) is 66.2 Å². The van der Waals surface area contributed by atoms with E-state index >= 15 is 0 Å². The molecule has 35 heavy (non-hydrogen) atoms. The normalized spacial score (nSPS) is 14.9. The number of rotatable bonds is 7. The maximum Gasteiger partial charge on any atom is 0.263 e. The summed E-state index contributed by atoms with van der Waals surface area (Å²) in [5.74, 6) is -2.86. The van der Waals surface area contributed by atoms with Gasteiger partial charge in [-0.05, 0) is 30.3 Å². The number of para-hydroxylation sites is 1. The number of hydrogen-bond acceptors (Lipinski definition) is 6. The van der Waals surface area contributed by atoms with Crippen LogP contribution in [0.3, 0.4) is 0 Å². The molecule has 2 heterocycles. The van der Waals surface area contributed by atoms with Crippen molar-refractivity contribution in [2.24, 2.45) is 4.99 Å². The summed E-state index contributed by atoms with van der Waals surface area (Å²) in [4.78, 5) is 33.3. The molecule has 1 aliphatic rings. The zero-order valence-electron chi connectivity index (χ0n) is 19.0. The predicted molar refractivity (Wildman–Crippen MR) is 139 cm³/mol. The summed E-state index contributed by atoms with van der Waals surface area (Å²) in [5, 5.41) is 0.549. The topological polar surface area (TPSA) is 92.0 Å². The maximum absolute atomic E-state index is 12.6. The maximum atomic E-state index is 12.6. The molecule has 4 rings (SSSR count). The minimum Gasteiger partial charge on any atom is -0.368 e. The van der Waals surface area contributed by atoms with Crippen molar-refractivity contribution >= 4 is 60.5 Å². The third kappa shape index (κ3) is 6.19. The Bertz CT molecular complexity index is 1420. The van der Waals surface area contributed by atoms with Gasteiger partial charge in [0.25, 0.3) is 5.91 Å². The van der Waals surface area contributed by atoms with E-state index in [0.717, 1.165) is 15.9 Å². The van der Waals surface area contributed by atoms with E-state index in [9.17, 15) is 18.0 Å². The van der Waals surface area contributed by atoms with Crippen LogP contribution in [0.4, 0.5) is 5.69 Å². The van der Waals surface area contributed by atoms with E-state index in [4.69, 9.17) is 11.6 Å². The minimum absolute atomic E-state index is 0.353. The molecule has 184 valence electrons. The molecular weight excluding hydrogens is 508 g/mol. The fourth-order valence-corrected chi connectivity index (χ4v) is 6.38. The molecule has 2 aromatic carbocycles.